The van der Waals surface area contributed by atoms with E-state index in [1.807, 2.05) is 18.0 Å². The van der Waals surface area contributed by atoms with Crippen molar-refractivity contribution in [2.45, 2.75) is 18.1 Å². The Morgan fingerprint density at radius 3 is 3.25 bits per heavy atom. The smallest absolute Gasteiger partial charge is 0.0921 e. The minimum atomic E-state index is 0.680. The lowest BCUT2D eigenvalue weighted by molar-refractivity contribution is 0.853. The van der Waals surface area contributed by atoms with Crippen LogP contribution in [0.4, 0.5) is 0 Å². The second-order valence-electron chi connectivity index (χ2n) is 2.81. The predicted molar refractivity (Wildman–Crippen MR) is 55.3 cm³/mol. The van der Waals surface area contributed by atoms with Gasteiger partial charge in [-0.2, -0.15) is 0 Å². The Bertz CT molecular complexity index is 281. The molecule has 1 unspecified atom stereocenters. The molecule has 0 saturated carbocycles. The number of aromatic nitrogens is 2. The van der Waals surface area contributed by atoms with Crippen LogP contribution in [0.3, 0.4) is 0 Å². The number of allylic oxidation sites excluding steroid dienone is 1. The molecule has 1 aromatic rings. The maximum atomic E-state index is 3.99. The van der Waals surface area contributed by atoms with Gasteiger partial charge < -0.3 is 4.98 Å². The molecule has 1 aliphatic heterocycles. The van der Waals surface area contributed by atoms with Crippen LogP contribution in [0.5, 0.6) is 0 Å². The summed E-state index contributed by atoms with van der Waals surface area (Å²) in [5.74, 6) is 0. The van der Waals surface area contributed by atoms with E-state index in [9.17, 15) is 0 Å². The summed E-state index contributed by atoms with van der Waals surface area (Å²) in [6, 6.07) is 0. The summed E-state index contributed by atoms with van der Waals surface area (Å²) in [5, 5.41) is 2.86. The van der Waals surface area contributed by atoms with Gasteiger partial charge in [0.25, 0.3) is 0 Å². The number of halogens is 1. The average Bonchev–Trinajstić information content (AvgIpc) is 2.63. The number of hydrogen-bond donors (Lipinski definition) is 1. The van der Waals surface area contributed by atoms with Crippen molar-refractivity contribution in [2.24, 2.45) is 0 Å². The molecular formula is C8H9BrN2S. The van der Waals surface area contributed by atoms with Gasteiger partial charge in [-0.05, 0) is 11.8 Å². The van der Waals surface area contributed by atoms with Crippen molar-refractivity contribution < 1.29 is 0 Å². The summed E-state index contributed by atoms with van der Waals surface area (Å²) in [4.78, 5) is 7.11. The first kappa shape index (κ1) is 8.38. The fraction of sp³-hybridized carbons (Fsp3) is 0.375. The zero-order valence-corrected chi connectivity index (χ0v) is 8.86. The molecule has 4 heteroatoms. The molecule has 0 aromatic carbocycles. The van der Waals surface area contributed by atoms with Gasteiger partial charge in [-0.1, -0.05) is 15.9 Å². The van der Waals surface area contributed by atoms with Crippen LogP contribution in [0, 0.1) is 0 Å². The first-order chi connectivity index (χ1) is 5.84. The summed E-state index contributed by atoms with van der Waals surface area (Å²) in [5.41, 5.74) is 1.23. The van der Waals surface area contributed by atoms with E-state index in [0.717, 1.165) is 12.8 Å². The molecular weight excluding hydrogens is 236 g/mol. The van der Waals surface area contributed by atoms with Crippen LogP contribution in [-0.4, -0.2) is 15.2 Å². The molecule has 2 heterocycles. The molecule has 1 aromatic heterocycles. The van der Waals surface area contributed by atoms with Crippen molar-refractivity contribution >= 4 is 27.7 Å². The summed E-state index contributed by atoms with van der Waals surface area (Å²) < 4.78 is 1.32. The van der Waals surface area contributed by atoms with Gasteiger partial charge in [0.1, 0.15) is 0 Å². The van der Waals surface area contributed by atoms with E-state index in [-0.39, 0.29) is 0 Å². The van der Waals surface area contributed by atoms with Gasteiger partial charge in [0, 0.05) is 28.0 Å². The third-order valence-electron chi connectivity index (χ3n) is 1.81. The zero-order chi connectivity index (χ0) is 8.39. The van der Waals surface area contributed by atoms with Crippen LogP contribution in [0.2, 0.25) is 0 Å². The number of nitrogens with one attached hydrogen (secondary N) is 1. The highest BCUT2D eigenvalue weighted by molar-refractivity contribution is 9.11. The van der Waals surface area contributed by atoms with Crippen LogP contribution in [-0.2, 0) is 6.42 Å². The molecule has 0 spiro atoms. The molecule has 2 rings (SSSR count). The van der Waals surface area contributed by atoms with Crippen LogP contribution in [0.15, 0.2) is 22.4 Å². The summed E-state index contributed by atoms with van der Waals surface area (Å²) in [6.07, 6.45) is 5.85. The van der Waals surface area contributed by atoms with E-state index in [1.54, 1.807) is 6.33 Å². The quantitative estimate of drug-likeness (QED) is 0.867. The Morgan fingerprint density at radius 1 is 1.75 bits per heavy atom. The Labute approximate surface area is 84.0 Å². The van der Waals surface area contributed by atoms with Gasteiger partial charge in [0.15, 0.2) is 0 Å². The maximum Gasteiger partial charge on any atom is 0.0921 e. The van der Waals surface area contributed by atoms with Crippen molar-refractivity contribution in [1.29, 1.82) is 0 Å². The number of hydrogen-bond acceptors (Lipinski definition) is 2. The van der Waals surface area contributed by atoms with Gasteiger partial charge in [-0.15, -0.1) is 11.8 Å². The fourth-order valence-corrected chi connectivity index (χ4v) is 3.16. The Kier molecular flexibility index (Phi) is 2.56. The SMILES string of the molecule is BrC1=CSC(Cc2cnc[nH]2)C1. The van der Waals surface area contributed by atoms with Gasteiger partial charge >= 0.3 is 0 Å². The van der Waals surface area contributed by atoms with Gasteiger partial charge in [-0.25, -0.2) is 4.98 Å². The van der Waals surface area contributed by atoms with Crippen LogP contribution in [0.25, 0.3) is 0 Å². The highest BCUT2D eigenvalue weighted by atomic mass is 79.9. The van der Waals surface area contributed by atoms with Crippen LogP contribution >= 0.6 is 27.7 Å². The minimum Gasteiger partial charge on any atom is -0.348 e. The molecule has 1 atom stereocenters. The van der Waals surface area contributed by atoms with Crippen molar-refractivity contribution in [2.75, 3.05) is 0 Å². The molecule has 0 saturated heterocycles. The largest absolute Gasteiger partial charge is 0.348 e. The molecule has 64 valence electrons. The van der Waals surface area contributed by atoms with Crippen LogP contribution in [0.1, 0.15) is 12.1 Å². The molecule has 0 amide bonds. The molecule has 0 bridgehead atoms. The molecule has 0 fully saturated rings. The lowest BCUT2D eigenvalue weighted by Gasteiger charge is -2.05. The Hall–Kier alpha value is -0.220. The molecule has 1 aliphatic rings. The Morgan fingerprint density at radius 2 is 2.67 bits per heavy atom. The molecule has 0 radical (unpaired) electrons. The number of H-pyrrole nitrogens is 1. The normalized spacial score (nSPS) is 22.8. The molecule has 2 nitrogen and oxygen atoms in total. The maximum absolute atomic E-state index is 3.99. The van der Waals surface area contributed by atoms with Gasteiger partial charge in [-0.3, -0.25) is 0 Å². The zero-order valence-electron chi connectivity index (χ0n) is 6.46. The highest BCUT2D eigenvalue weighted by Crippen LogP contribution is 2.34. The lowest BCUT2D eigenvalue weighted by atomic mass is 10.2. The van der Waals surface area contributed by atoms with Gasteiger partial charge in [0.2, 0.25) is 0 Å². The first-order valence-corrected chi connectivity index (χ1v) is 5.55. The topological polar surface area (TPSA) is 28.7 Å². The second kappa shape index (κ2) is 3.66. The number of rotatable bonds is 2. The van der Waals surface area contributed by atoms with E-state index < -0.39 is 0 Å². The van der Waals surface area contributed by atoms with E-state index in [2.05, 4.69) is 31.3 Å². The number of nitrogens with zero attached hydrogens (tertiary/aromatic N) is 1. The van der Waals surface area contributed by atoms with Crippen LogP contribution < -0.4 is 0 Å². The predicted octanol–water partition coefficient (Wildman–Crippen LogP) is 2.69. The van der Waals surface area contributed by atoms with Crippen molar-refractivity contribution in [1.82, 2.24) is 9.97 Å². The second-order valence-corrected chi connectivity index (χ2v) is 5.00. The minimum absolute atomic E-state index is 0.680. The molecule has 12 heavy (non-hydrogen) atoms. The van der Waals surface area contributed by atoms with E-state index in [4.69, 9.17) is 0 Å². The highest BCUT2D eigenvalue weighted by Gasteiger charge is 2.16. The summed E-state index contributed by atoms with van der Waals surface area (Å²) in [6.45, 7) is 0. The fourth-order valence-electron chi connectivity index (χ4n) is 1.25. The lowest BCUT2D eigenvalue weighted by Crippen LogP contribution is -2.02. The third-order valence-corrected chi connectivity index (χ3v) is 3.81. The Balaban J connectivity index is 1.90. The van der Waals surface area contributed by atoms with Gasteiger partial charge in [0.05, 0.1) is 6.33 Å². The van der Waals surface area contributed by atoms with E-state index >= 15 is 0 Å². The van der Waals surface area contributed by atoms with Crippen molar-refractivity contribution in [3.05, 3.63) is 28.1 Å². The summed E-state index contributed by atoms with van der Waals surface area (Å²) in [7, 11) is 0. The average molecular weight is 245 g/mol. The third kappa shape index (κ3) is 1.93. The van der Waals surface area contributed by atoms with Crippen molar-refractivity contribution in [3.63, 3.8) is 0 Å². The molecule has 1 N–H and O–H groups in total. The van der Waals surface area contributed by atoms with Crippen molar-refractivity contribution in [3.8, 4) is 0 Å². The van der Waals surface area contributed by atoms with E-state index in [0.29, 0.717) is 5.25 Å². The number of thioether (sulfide) groups is 1. The summed E-state index contributed by atoms with van der Waals surface area (Å²) >= 11 is 5.39. The molecule has 0 aliphatic carbocycles. The number of aromatic amines is 1. The monoisotopic (exact) mass is 244 g/mol. The first-order valence-electron chi connectivity index (χ1n) is 3.82. The standard InChI is InChI=1S/C8H9BrN2S/c9-6-1-8(12-4-6)2-7-3-10-5-11-7/h3-5,8H,1-2H2,(H,10,11). The van der Waals surface area contributed by atoms with E-state index in [1.165, 1.54) is 10.2 Å². The number of imidazole rings is 1.